The summed E-state index contributed by atoms with van der Waals surface area (Å²) in [6.07, 6.45) is 1.08. The lowest BCUT2D eigenvalue weighted by molar-refractivity contribution is -0.178. The predicted octanol–water partition coefficient (Wildman–Crippen LogP) is 0.129. The van der Waals surface area contributed by atoms with Gasteiger partial charge in [0.15, 0.2) is 5.41 Å². The SMILES string of the molecule is COC(=O)C1(C(=O)OC)CCCOC1. The van der Waals surface area contributed by atoms with Crippen molar-refractivity contribution in [3.8, 4) is 0 Å². The van der Waals surface area contributed by atoms with E-state index in [0.29, 0.717) is 19.4 Å². The minimum absolute atomic E-state index is 0.0480. The molecule has 0 atom stereocenters. The van der Waals surface area contributed by atoms with Gasteiger partial charge in [0.25, 0.3) is 0 Å². The molecule has 0 N–H and O–H groups in total. The van der Waals surface area contributed by atoms with E-state index in [2.05, 4.69) is 9.47 Å². The third-order valence-corrected chi connectivity index (χ3v) is 2.39. The Morgan fingerprint density at radius 2 is 1.79 bits per heavy atom. The molecule has 1 rings (SSSR count). The fourth-order valence-electron chi connectivity index (χ4n) is 1.59. The van der Waals surface area contributed by atoms with Crippen LogP contribution in [0.2, 0.25) is 0 Å². The van der Waals surface area contributed by atoms with E-state index >= 15 is 0 Å². The quantitative estimate of drug-likeness (QED) is 0.470. The topological polar surface area (TPSA) is 61.8 Å². The lowest BCUT2D eigenvalue weighted by Crippen LogP contribution is -2.47. The van der Waals surface area contributed by atoms with Crippen LogP contribution in [-0.4, -0.2) is 39.4 Å². The lowest BCUT2D eigenvalue weighted by Gasteiger charge is -2.31. The second-order valence-electron chi connectivity index (χ2n) is 3.22. The Bertz CT molecular complexity index is 211. The third-order valence-electron chi connectivity index (χ3n) is 2.39. The predicted molar refractivity (Wildman–Crippen MR) is 46.5 cm³/mol. The van der Waals surface area contributed by atoms with Crippen molar-refractivity contribution >= 4 is 11.9 Å². The highest BCUT2D eigenvalue weighted by atomic mass is 16.6. The number of rotatable bonds is 2. The van der Waals surface area contributed by atoms with Crippen LogP contribution in [0, 0.1) is 5.41 Å². The molecule has 1 aliphatic heterocycles. The number of methoxy groups -OCH3 is 2. The summed E-state index contributed by atoms with van der Waals surface area (Å²) in [6.45, 7) is 0.613. The van der Waals surface area contributed by atoms with Crippen LogP contribution in [0.1, 0.15) is 12.8 Å². The van der Waals surface area contributed by atoms with Crippen LogP contribution in [0.15, 0.2) is 0 Å². The van der Waals surface area contributed by atoms with Crippen LogP contribution in [0.25, 0.3) is 0 Å². The molecule has 1 fully saturated rings. The smallest absolute Gasteiger partial charge is 0.325 e. The Labute approximate surface area is 82.3 Å². The van der Waals surface area contributed by atoms with Crippen molar-refractivity contribution in [3.63, 3.8) is 0 Å². The fourth-order valence-corrected chi connectivity index (χ4v) is 1.59. The van der Waals surface area contributed by atoms with Crippen LogP contribution in [0.3, 0.4) is 0 Å². The maximum atomic E-state index is 11.5. The molecule has 0 saturated carbocycles. The Morgan fingerprint density at radius 3 is 2.14 bits per heavy atom. The first kappa shape index (κ1) is 11.0. The van der Waals surface area contributed by atoms with Crippen molar-refractivity contribution in [1.82, 2.24) is 0 Å². The van der Waals surface area contributed by atoms with E-state index in [1.807, 2.05) is 0 Å². The number of carbonyl (C=O) groups excluding carboxylic acids is 2. The Balaban J connectivity index is 2.87. The summed E-state index contributed by atoms with van der Waals surface area (Å²) in [6, 6.07) is 0. The molecule has 0 amide bonds. The van der Waals surface area contributed by atoms with E-state index < -0.39 is 17.4 Å². The highest BCUT2D eigenvalue weighted by Crippen LogP contribution is 2.31. The van der Waals surface area contributed by atoms with E-state index in [0.717, 1.165) is 0 Å². The lowest BCUT2D eigenvalue weighted by atomic mass is 9.82. The molecule has 0 aliphatic carbocycles. The Kier molecular flexibility index (Phi) is 3.46. The molecular weight excluding hydrogens is 188 g/mol. The first-order valence-corrected chi connectivity index (χ1v) is 4.42. The molecule has 0 aromatic rings. The fraction of sp³-hybridized carbons (Fsp3) is 0.778. The first-order chi connectivity index (χ1) is 6.67. The van der Waals surface area contributed by atoms with Gasteiger partial charge in [-0.25, -0.2) is 0 Å². The van der Waals surface area contributed by atoms with E-state index in [1.165, 1.54) is 14.2 Å². The average molecular weight is 202 g/mol. The number of hydrogen-bond donors (Lipinski definition) is 0. The number of hydrogen-bond acceptors (Lipinski definition) is 5. The van der Waals surface area contributed by atoms with Crippen LogP contribution in [0.5, 0.6) is 0 Å². The summed E-state index contributed by atoms with van der Waals surface area (Å²) in [5.74, 6) is -1.16. The first-order valence-electron chi connectivity index (χ1n) is 4.42. The van der Waals surface area contributed by atoms with Gasteiger partial charge >= 0.3 is 11.9 Å². The second-order valence-corrected chi connectivity index (χ2v) is 3.22. The standard InChI is InChI=1S/C9H14O5/c1-12-7(10)9(8(11)13-2)4-3-5-14-6-9/h3-6H2,1-2H3. The molecule has 0 unspecified atom stereocenters. The van der Waals surface area contributed by atoms with Gasteiger partial charge in [0.1, 0.15) is 0 Å². The van der Waals surface area contributed by atoms with Crippen molar-refractivity contribution in [2.24, 2.45) is 5.41 Å². The van der Waals surface area contributed by atoms with Crippen LogP contribution in [0.4, 0.5) is 0 Å². The zero-order valence-electron chi connectivity index (χ0n) is 8.37. The van der Waals surface area contributed by atoms with Gasteiger partial charge in [0, 0.05) is 6.61 Å². The van der Waals surface area contributed by atoms with Crippen LogP contribution >= 0.6 is 0 Å². The van der Waals surface area contributed by atoms with Gasteiger partial charge in [-0.05, 0) is 12.8 Å². The molecule has 14 heavy (non-hydrogen) atoms. The number of carbonyl (C=O) groups is 2. The largest absolute Gasteiger partial charge is 0.468 e. The van der Waals surface area contributed by atoms with E-state index in [4.69, 9.17) is 4.74 Å². The molecule has 0 bridgehead atoms. The summed E-state index contributed by atoms with van der Waals surface area (Å²) < 4.78 is 14.3. The Hall–Kier alpha value is -1.10. The molecule has 0 aromatic carbocycles. The monoisotopic (exact) mass is 202 g/mol. The summed E-state index contributed by atoms with van der Waals surface area (Å²) in [7, 11) is 2.50. The highest BCUT2D eigenvalue weighted by Gasteiger charge is 2.49. The van der Waals surface area contributed by atoms with Crippen LogP contribution in [-0.2, 0) is 23.8 Å². The molecule has 1 aliphatic rings. The zero-order chi connectivity index (χ0) is 10.6. The van der Waals surface area contributed by atoms with Gasteiger partial charge in [-0.15, -0.1) is 0 Å². The molecule has 1 heterocycles. The van der Waals surface area contributed by atoms with E-state index in [1.54, 1.807) is 0 Å². The molecule has 0 spiro atoms. The molecule has 0 aromatic heterocycles. The van der Waals surface area contributed by atoms with Gasteiger partial charge in [0.2, 0.25) is 0 Å². The number of esters is 2. The average Bonchev–Trinajstić information content (AvgIpc) is 2.27. The minimum Gasteiger partial charge on any atom is -0.468 e. The van der Waals surface area contributed by atoms with Crippen molar-refractivity contribution in [1.29, 1.82) is 0 Å². The minimum atomic E-state index is -1.25. The van der Waals surface area contributed by atoms with E-state index in [-0.39, 0.29) is 6.61 Å². The van der Waals surface area contributed by atoms with Gasteiger partial charge in [-0.3, -0.25) is 9.59 Å². The highest BCUT2D eigenvalue weighted by molar-refractivity contribution is 6.00. The Morgan fingerprint density at radius 1 is 1.21 bits per heavy atom. The van der Waals surface area contributed by atoms with Crippen LogP contribution < -0.4 is 0 Å². The normalized spacial score (nSPS) is 19.9. The van der Waals surface area contributed by atoms with Crippen molar-refractivity contribution < 1.29 is 23.8 Å². The third kappa shape index (κ3) is 1.72. The van der Waals surface area contributed by atoms with Gasteiger partial charge in [0.05, 0.1) is 20.8 Å². The van der Waals surface area contributed by atoms with Crippen molar-refractivity contribution in [3.05, 3.63) is 0 Å². The molecule has 0 radical (unpaired) electrons. The van der Waals surface area contributed by atoms with Crippen molar-refractivity contribution in [2.45, 2.75) is 12.8 Å². The summed E-state index contributed by atoms with van der Waals surface area (Å²) in [5, 5.41) is 0. The summed E-state index contributed by atoms with van der Waals surface area (Å²) in [5.41, 5.74) is -1.25. The maximum Gasteiger partial charge on any atom is 0.325 e. The molecule has 5 heteroatoms. The second kappa shape index (κ2) is 4.41. The molecule has 5 nitrogen and oxygen atoms in total. The van der Waals surface area contributed by atoms with E-state index in [9.17, 15) is 9.59 Å². The summed E-state index contributed by atoms with van der Waals surface area (Å²) >= 11 is 0. The summed E-state index contributed by atoms with van der Waals surface area (Å²) in [4.78, 5) is 23.0. The van der Waals surface area contributed by atoms with Gasteiger partial charge in [-0.1, -0.05) is 0 Å². The number of ether oxygens (including phenoxy) is 3. The zero-order valence-corrected chi connectivity index (χ0v) is 8.37. The van der Waals surface area contributed by atoms with Crippen molar-refractivity contribution in [2.75, 3.05) is 27.4 Å². The molecule has 1 saturated heterocycles. The molecule has 80 valence electrons. The maximum absolute atomic E-state index is 11.5. The van der Waals surface area contributed by atoms with Gasteiger partial charge < -0.3 is 14.2 Å². The van der Waals surface area contributed by atoms with Gasteiger partial charge in [-0.2, -0.15) is 0 Å². The molecular formula is C9H14O5.